The molecular formula is C14H16Cl2N4. The predicted molar refractivity (Wildman–Crippen MR) is 83.5 cm³/mol. The van der Waals surface area contributed by atoms with E-state index >= 15 is 0 Å². The van der Waals surface area contributed by atoms with Gasteiger partial charge in [-0.2, -0.15) is 0 Å². The second-order valence-electron chi connectivity index (χ2n) is 5.21. The molecule has 1 aromatic heterocycles. The molecule has 0 saturated heterocycles. The molecule has 0 atom stereocenters. The van der Waals surface area contributed by atoms with Crippen molar-refractivity contribution in [1.82, 2.24) is 9.66 Å². The number of aromatic nitrogens is 2. The fraction of sp³-hybridized carbons (Fsp3) is 0.357. The van der Waals surface area contributed by atoms with Gasteiger partial charge in [-0.15, -0.1) is 0 Å². The van der Waals surface area contributed by atoms with Crippen LogP contribution in [-0.4, -0.2) is 9.66 Å². The maximum Gasteiger partial charge on any atom is 0.150 e. The molecule has 4 nitrogen and oxygen atoms in total. The Hall–Kier alpha value is -1.39. The molecule has 1 aromatic carbocycles. The van der Waals surface area contributed by atoms with Crippen molar-refractivity contribution < 1.29 is 0 Å². The molecule has 1 heterocycles. The van der Waals surface area contributed by atoms with Crippen LogP contribution in [0.15, 0.2) is 18.2 Å². The first-order chi connectivity index (χ1) is 9.56. The average Bonchev–Trinajstić information content (AvgIpc) is 2.99. The highest BCUT2D eigenvalue weighted by Gasteiger charge is 2.25. The number of hydrogen-bond donors (Lipinski definition) is 2. The van der Waals surface area contributed by atoms with E-state index in [4.69, 9.17) is 34.8 Å². The number of nitrogens with zero attached hydrogens (tertiary/aromatic N) is 2. The molecule has 1 aliphatic carbocycles. The predicted octanol–water partition coefficient (Wildman–Crippen LogP) is 3.81. The van der Waals surface area contributed by atoms with Crippen LogP contribution in [0.4, 0.5) is 5.82 Å². The minimum atomic E-state index is 0.394. The Bertz CT molecular complexity index is 625. The summed E-state index contributed by atoms with van der Waals surface area (Å²) in [5.74, 6) is 7.76. The fourth-order valence-electron chi connectivity index (χ4n) is 2.84. The number of halogens is 2. The van der Waals surface area contributed by atoms with Crippen LogP contribution >= 0.6 is 23.2 Å². The third kappa shape index (κ3) is 2.34. The van der Waals surface area contributed by atoms with E-state index in [2.05, 4.69) is 4.98 Å². The monoisotopic (exact) mass is 310 g/mol. The molecule has 0 unspecified atom stereocenters. The highest BCUT2D eigenvalue weighted by atomic mass is 35.5. The van der Waals surface area contributed by atoms with Crippen LogP contribution in [-0.2, 0) is 0 Å². The van der Waals surface area contributed by atoms with Crippen molar-refractivity contribution in [3.05, 3.63) is 34.1 Å². The van der Waals surface area contributed by atoms with Gasteiger partial charge in [0.05, 0.1) is 0 Å². The van der Waals surface area contributed by atoms with Gasteiger partial charge in [0.1, 0.15) is 11.5 Å². The van der Waals surface area contributed by atoms with Crippen LogP contribution in [0.3, 0.4) is 0 Å². The maximum absolute atomic E-state index is 6.09. The maximum atomic E-state index is 6.09. The first kappa shape index (κ1) is 13.6. The number of anilines is 1. The lowest BCUT2D eigenvalue weighted by molar-refractivity contribution is 0.648. The van der Waals surface area contributed by atoms with E-state index in [-0.39, 0.29) is 0 Å². The molecule has 0 bridgehead atoms. The summed E-state index contributed by atoms with van der Waals surface area (Å²) >= 11 is 12.1. The summed E-state index contributed by atoms with van der Waals surface area (Å²) in [7, 11) is 0. The lowest BCUT2D eigenvalue weighted by Crippen LogP contribution is -2.17. The molecule has 1 fully saturated rings. The number of hydrogen-bond acceptors (Lipinski definition) is 3. The Morgan fingerprint density at radius 3 is 2.30 bits per heavy atom. The van der Waals surface area contributed by atoms with Crippen molar-refractivity contribution in [2.45, 2.75) is 31.6 Å². The first-order valence-corrected chi connectivity index (χ1v) is 7.41. The summed E-state index contributed by atoms with van der Waals surface area (Å²) in [6.07, 6.45) is 4.66. The molecule has 0 aliphatic heterocycles. The van der Waals surface area contributed by atoms with E-state index in [9.17, 15) is 0 Å². The number of rotatable bonds is 2. The van der Waals surface area contributed by atoms with Crippen LogP contribution in [0.2, 0.25) is 10.0 Å². The Labute approximate surface area is 127 Å². The largest absolute Gasteiger partial charge is 0.382 e. The topological polar surface area (TPSA) is 69.9 Å². The number of imidazole rings is 1. The number of nitrogens with two attached hydrogens (primary N) is 2. The van der Waals surface area contributed by atoms with E-state index in [1.165, 1.54) is 17.5 Å². The minimum Gasteiger partial charge on any atom is -0.382 e. The summed E-state index contributed by atoms with van der Waals surface area (Å²) in [4.78, 5) is 4.64. The Morgan fingerprint density at radius 1 is 1.10 bits per heavy atom. The smallest absolute Gasteiger partial charge is 0.150 e. The first-order valence-electron chi connectivity index (χ1n) is 6.66. The second-order valence-corrected chi connectivity index (χ2v) is 6.09. The number of benzene rings is 1. The van der Waals surface area contributed by atoms with Gasteiger partial charge in [0.15, 0.2) is 5.82 Å². The SMILES string of the molecule is Nc1c(-c2cc(Cl)cc(Cl)c2)nc(C2CCCC2)n1N. The lowest BCUT2D eigenvalue weighted by Gasteiger charge is -2.08. The highest BCUT2D eigenvalue weighted by molar-refractivity contribution is 6.35. The second kappa shape index (κ2) is 5.19. The summed E-state index contributed by atoms with van der Waals surface area (Å²) in [5.41, 5.74) is 7.54. The molecule has 106 valence electrons. The van der Waals surface area contributed by atoms with Gasteiger partial charge in [0, 0.05) is 21.5 Å². The minimum absolute atomic E-state index is 0.394. The average molecular weight is 311 g/mol. The Morgan fingerprint density at radius 2 is 1.70 bits per heavy atom. The molecule has 4 N–H and O–H groups in total. The van der Waals surface area contributed by atoms with Crippen LogP contribution in [0.25, 0.3) is 11.3 Å². The third-order valence-electron chi connectivity index (χ3n) is 3.83. The molecule has 6 heteroatoms. The quantitative estimate of drug-likeness (QED) is 0.829. The highest BCUT2D eigenvalue weighted by Crippen LogP contribution is 2.37. The van der Waals surface area contributed by atoms with Crippen LogP contribution in [0.1, 0.15) is 37.4 Å². The van der Waals surface area contributed by atoms with Gasteiger partial charge in [0.2, 0.25) is 0 Å². The lowest BCUT2D eigenvalue weighted by atomic mass is 10.1. The van der Waals surface area contributed by atoms with Crippen molar-refractivity contribution >= 4 is 29.0 Å². The molecule has 0 radical (unpaired) electrons. The van der Waals surface area contributed by atoms with E-state index in [1.807, 2.05) is 0 Å². The van der Waals surface area contributed by atoms with E-state index in [0.717, 1.165) is 24.2 Å². The van der Waals surface area contributed by atoms with Gasteiger partial charge in [-0.1, -0.05) is 36.0 Å². The zero-order valence-electron chi connectivity index (χ0n) is 10.9. The summed E-state index contributed by atoms with van der Waals surface area (Å²) in [6, 6.07) is 5.27. The zero-order valence-corrected chi connectivity index (χ0v) is 12.5. The molecule has 1 aliphatic rings. The van der Waals surface area contributed by atoms with Crippen molar-refractivity contribution in [1.29, 1.82) is 0 Å². The standard InChI is InChI=1S/C14H16Cl2N4/c15-10-5-9(6-11(16)7-10)12-13(17)20(18)14(19-12)8-3-1-2-4-8/h5-8H,1-4,17-18H2. The van der Waals surface area contributed by atoms with Gasteiger partial charge >= 0.3 is 0 Å². The zero-order chi connectivity index (χ0) is 14.3. The Balaban J connectivity index is 2.07. The van der Waals surface area contributed by atoms with Crippen molar-refractivity contribution in [3.63, 3.8) is 0 Å². The molecule has 0 amide bonds. The summed E-state index contributed by atoms with van der Waals surface area (Å²) in [5, 5.41) is 1.11. The summed E-state index contributed by atoms with van der Waals surface area (Å²) < 4.78 is 1.50. The van der Waals surface area contributed by atoms with Gasteiger partial charge in [-0.05, 0) is 31.0 Å². The summed E-state index contributed by atoms with van der Waals surface area (Å²) in [6.45, 7) is 0. The van der Waals surface area contributed by atoms with Crippen LogP contribution in [0.5, 0.6) is 0 Å². The van der Waals surface area contributed by atoms with Crippen LogP contribution < -0.4 is 11.6 Å². The van der Waals surface area contributed by atoms with Crippen molar-refractivity contribution in [2.75, 3.05) is 11.6 Å². The molecular weight excluding hydrogens is 295 g/mol. The van der Waals surface area contributed by atoms with Crippen LogP contribution in [0, 0.1) is 0 Å². The normalized spacial score (nSPS) is 15.9. The van der Waals surface area contributed by atoms with E-state index in [1.54, 1.807) is 18.2 Å². The molecule has 0 spiro atoms. The fourth-order valence-corrected chi connectivity index (χ4v) is 3.36. The Kier molecular flexibility index (Phi) is 3.52. The van der Waals surface area contributed by atoms with Gasteiger partial charge < -0.3 is 11.6 Å². The van der Waals surface area contributed by atoms with E-state index in [0.29, 0.717) is 27.5 Å². The molecule has 3 rings (SSSR count). The van der Waals surface area contributed by atoms with E-state index < -0.39 is 0 Å². The molecule has 1 saturated carbocycles. The molecule has 2 aromatic rings. The van der Waals surface area contributed by atoms with Crippen molar-refractivity contribution in [3.8, 4) is 11.3 Å². The van der Waals surface area contributed by atoms with Crippen molar-refractivity contribution in [2.24, 2.45) is 0 Å². The molecule has 20 heavy (non-hydrogen) atoms. The number of nitrogen functional groups attached to an aromatic ring is 2. The third-order valence-corrected chi connectivity index (χ3v) is 4.27. The van der Waals surface area contributed by atoms with Gasteiger partial charge in [0.25, 0.3) is 0 Å². The van der Waals surface area contributed by atoms with Gasteiger partial charge in [-0.25, -0.2) is 9.66 Å². The van der Waals surface area contributed by atoms with Gasteiger partial charge in [-0.3, -0.25) is 0 Å².